The molecule has 2 aromatic carbocycles. The van der Waals surface area contributed by atoms with Gasteiger partial charge < -0.3 is 9.64 Å². The van der Waals surface area contributed by atoms with Crippen LogP contribution >= 0.6 is 43.2 Å². The number of fused-ring (bicyclic) bond motifs is 5. The van der Waals surface area contributed by atoms with Gasteiger partial charge in [0.05, 0.1) is 16.5 Å². The van der Waals surface area contributed by atoms with Gasteiger partial charge in [-0.25, -0.2) is 4.39 Å². The van der Waals surface area contributed by atoms with Gasteiger partial charge in [0.1, 0.15) is 11.6 Å². The molecule has 0 spiro atoms. The zero-order valence-electron chi connectivity index (χ0n) is 16.3. The van der Waals surface area contributed by atoms with Crippen molar-refractivity contribution in [1.29, 1.82) is 0 Å². The second kappa shape index (κ2) is 6.82. The summed E-state index contributed by atoms with van der Waals surface area (Å²) >= 11 is 8.77. The highest BCUT2D eigenvalue weighted by atomic mass is 79.9. The first-order chi connectivity index (χ1) is 13.7. The number of anilines is 1. The minimum absolute atomic E-state index is 0.0812. The summed E-state index contributed by atoms with van der Waals surface area (Å²) < 4.78 is 23.2. The summed E-state index contributed by atoms with van der Waals surface area (Å²) in [6.07, 6.45) is 0.488. The molecule has 0 N–H and O–H groups in total. The number of benzene rings is 2. The Labute approximate surface area is 191 Å². The van der Waals surface area contributed by atoms with Gasteiger partial charge in [-0.2, -0.15) is 0 Å². The monoisotopic (exact) mass is 535 g/mol. The molecule has 0 saturated heterocycles. The second-order valence-corrected chi connectivity index (χ2v) is 11.6. The van der Waals surface area contributed by atoms with Crippen LogP contribution in [0.5, 0.6) is 5.75 Å². The van der Waals surface area contributed by atoms with Crippen LogP contribution < -0.4 is 9.64 Å². The van der Waals surface area contributed by atoms with Gasteiger partial charge in [-0.05, 0) is 59.9 Å². The Hall–Kier alpha value is -1.37. The lowest BCUT2D eigenvalue weighted by Crippen LogP contribution is -2.37. The number of hydrogen-bond donors (Lipinski definition) is 0. The largest absolute Gasteiger partial charge is 0.465 e. The van der Waals surface area contributed by atoms with Crippen LogP contribution in [0.15, 0.2) is 51.4 Å². The standard InChI is InChI=1S/C23H20Br2FNOS/c1-23(2,3)20-7-6-19(29-20)22-27-16-5-4-13(24)8-12(16)9-17(27)21-15(26)10-14(25)11-18(21)28-22/h4-8,10-11,17,22H,9H2,1-3H3. The van der Waals surface area contributed by atoms with Crippen molar-refractivity contribution in [1.82, 2.24) is 0 Å². The third-order valence-corrected chi connectivity index (χ3v) is 8.05. The number of halogens is 3. The van der Waals surface area contributed by atoms with E-state index in [0.717, 1.165) is 21.5 Å². The average molecular weight is 537 g/mol. The first kappa shape index (κ1) is 19.6. The van der Waals surface area contributed by atoms with Crippen molar-refractivity contribution in [2.24, 2.45) is 0 Å². The molecule has 0 radical (unpaired) electrons. The lowest BCUT2D eigenvalue weighted by molar-refractivity contribution is 0.168. The maximum atomic E-state index is 15.0. The highest BCUT2D eigenvalue weighted by molar-refractivity contribution is 9.10. The third-order valence-electron chi connectivity index (χ3n) is 5.56. The van der Waals surface area contributed by atoms with Crippen molar-refractivity contribution in [2.75, 3.05) is 4.90 Å². The summed E-state index contributed by atoms with van der Waals surface area (Å²) in [5.41, 5.74) is 3.05. The van der Waals surface area contributed by atoms with E-state index in [9.17, 15) is 0 Å². The summed E-state index contributed by atoms with van der Waals surface area (Å²) in [7, 11) is 0. The van der Waals surface area contributed by atoms with E-state index in [1.807, 2.05) is 12.1 Å². The lowest BCUT2D eigenvalue weighted by Gasteiger charge is -2.40. The van der Waals surface area contributed by atoms with Crippen LogP contribution in [-0.4, -0.2) is 0 Å². The topological polar surface area (TPSA) is 12.5 Å². The zero-order valence-corrected chi connectivity index (χ0v) is 20.3. The summed E-state index contributed by atoms with van der Waals surface area (Å²) in [4.78, 5) is 4.70. The molecule has 0 saturated carbocycles. The zero-order chi connectivity index (χ0) is 20.5. The molecular formula is C23H20Br2FNOS. The van der Waals surface area contributed by atoms with Crippen LogP contribution in [0.25, 0.3) is 0 Å². The Morgan fingerprint density at radius 2 is 1.86 bits per heavy atom. The van der Waals surface area contributed by atoms with Crippen LogP contribution in [0, 0.1) is 5.82 Å². The van der Waals surface area contributed by atoms with E-state index in [4.69, 9.17) is 4.74 Å². The molecule has 2 nitrogen and oxygen atoms in total. The Balaban J connectivity index is 1.68. The summed E-state index contributed by atoms with van der Waals surface area (Å²) in [6, 6.07) is 14.0. The van der Waals surface area contributed by atoms with Crippen LogP contribution in [-0.2, 0) is 11.8 Å². The fourth-order valence-electron chi connectivity index (χ4n) is 4.22. The van der Waals surface area contributed by atoms with Gasteiger partial charge in [0.15, 0.2) is 0 Å². The van der Waals surface area contributed by atoms with Gasteiger partial charge in [-0.1, -0.05) is 52.6 Å². The molecule has 2 aliphatic heterocycles. The predicted molar refractivity (Wildman–Crippen MR) is 124 cm³/mol. The van der Waals surface area contributed by atoms with Crippen LogP contribution in [0.3, 0.4) is 0 Å². The van der Waals surface area contributed by atoms with Crippen molar-refractivity contribution in [3.8, 4) is 5.75 Å². The highest BCUT2D eigenvalue weighted by Crippen LogP contribution is 2.54. The maximum Gasteiger partial charge on any atom is 0.208 e. The Morgan fingerprint density at radius 3 is 2.59 bits per heavy atom. The molecule has 0 fully saturated rings. The first-order valence-electron chi connectivity index (χ1n) is 9.55. The maximum absolute atomic E-state index is 15.0. The molecule has 2 atom stereocenters. The molecule has 6 heteroatoms. The van der Waals surface area contributed by atoms with E-state index >= 15 is 4.39 Å². The molecular weight excluding hydrogens is 517 g/mol. The molecule has 0 aliphatic carbocycles. The van der Waals surface area contributed by atoms with E-state index in [1.165, 1.54) is 16.5 Å². The molecule has 3 aromatic rings. The van der Waals surface area contributed by atoms with E-state index in [0.29, 0.717) is 15.8 Å². The van der Waals surface area contributed by atoms with Crippen LogP contribution in [0.2, 0.25) is 0 Å². The SMILES string of the molecule is CC(C)(C)c1ccc(C2Oc3cc(Br)cc(F)c3C3Cc4cc(Br)ccc4N32)s1. The number of nitrogens with zero attached hydrogens (tertiary/aromatic N) is 1. The van der Waals surface area contributed by atoms with Crippen molar-refractivity contribution in [3.05, 3.63) is 78.1 Å². The third kappa shape index (κ3) is 3.24. The van der Waals surface area contributed by atoms with E-state index in [2.05, 4.69) is 81.8 Å². The molecule has 150 valence electrons. The molecule has 3 heterocycles. The quantitative estimate of drug-likeness (QED) is 0.313. The fourth-order valence-corrected chi connectivity index (χ4v) is 6.13. The molecule has 2 unspecified atom stereocenters. The van der Waals surface area contributed by atoms with E-state index < -0.39 is 0 Å². The summed E-state index contributed by atoms with van der Waals surface area (Å²) in [5.74, 6) is 0.400. The Bertz CT molecular complexity index is 1120. The smallest absolute Gasteiger partial charge is 0.208 e. The number of ether oxygens (including phenoxy) is 1. The van der Waals surface area contributed by atoms with Crippen LogP contribution in [0.1, 0.15) is 53.9 Å². The van der Waals surface area contributed by atoms with Crippen molar-refractivity contribution < 1.29 is 9.13 Å². The van der Waals surface area contributed by atoms with Crippen molar-refractivity contribution in [2.45, 2.75) is 44.9 Å². The molecule has 2 aliphatic rings. The Morgan fingerprint density at radius 1 is 1.07 bits per heavy atom. The number of rotatable bonds is 1. The molecule has 5 rings (SSSR count). The summed E-state index contributed by atoms with van der Waals surface area (Å²) in [6.45, 7) is 6.66. The molecule has 29 heavy (non-hydrogen) atoms. The van der Waals surface area contributed by atoms with Gasteiger partial charge in [0.25, 0.3) is 0 Å². The predicted octanol–water partition coefficient (Wildman–Crippen LogP) is 7.90. The van der Waals surface area contributed by atoms with Crippen molar-refractivity contribution >= 4 is 48.9 Å². The molecule has 1 aromatic heterocycles. The highest BCUT2D eigenvalue weighted by Gasteiger charge is 2.44. The molecule has 0 amide bonds. The second-order valence-electron chi connectivity index (χ2n) is 8.62. The number of thiophene rings is 1. The van der Waals surface area contributed by atoms with Gasteiger partial charge >= 0.3 is 0 Å². The average Bonchev–Trinajstić information content (AvgIpc) is 3.24. The fraction of sp³-hybridized carbons (Fsp3) is 0.304. The van der Waals surface area contributed by atoms with Gasteiger partial charge in [0.2, 0.25) is 6.23 Å². The lowest BCUT2D eigenvalue weighted by atomic mass is 9.95. The van der Waals surface area contributed by atoms with Crippen LogP contribution in [0.4, 0.5) is 10.1 Å². The van der Waals surface area contributed by atoms with Gasteiger partial charge in [-0.15, -0.1) is 11.3 Å². The normalized spacial score (nSPS) is 20.1. The van der Waals surface area contributed by atoms with Gasteiger partial charge in [0, 0.05) is 19.5 Å². The Kier molecular flexibility index (Phi) is 4.61. The number of hydrogen-bond acceptors (Lipinski definition) is 3. The summed E-state index contributed by atoms with van der Waals surface area (Å²) in [5, 5.41) is 0. The van der Waals surface area contributed by atoms with E-state index in [1.54, 1.807) is 11.3 Å². The van der Waals surface area contributed by atoms with E-state index in [-0.39, 0.29) is 23.5 Å². The first-order valence-corrected chi connectivity index (χ1v) is 12.0. The molecule has 0 bridgehead atoms. The van der Waals surface area contributed by atoms with Gasteiger partial charge in [-0.3, -0.25) is 0 Å². The minimum Gasteiger partial charge on any atom is -0.465 e. The van der Waals surface area contributed by atoms with Crippen molar-refractivity contribution in [3.63, 3.8) is 0 Å². The minimum atomic E-state index is -0.273.